The van der Waals surface area contributed by atoms with Crippen molar-refractivity contribution in [2.24, 2.45) is 0 Å². The number of amides is 1. The summed E-state index contributed by atoms with van der Waals surface area (Å²) in [4.78, 5) is 28.1. The second kappa shape index (κ2) is 10.3. The number of anilines is 1. The van der Waals surface area contributed by atoms with Gasteiger partial charge in [-0.25, -0.2) is 9.78 Å². The maximum absolute atomic E-state index is 12.0. The summed E-state index contributed by atoms with van der Waals surface area (Å²) in [6.07, 6.45) is 0. The molecule has 8 nitrogen and oxygen atoms in total. The number of aromatic nitrogens is 1. The first-order chi connectivity index (χ1) is 14.6. The van der Waals surface area contributed by atoms with Gasteiger partial charge in [0.05, 0.1) is 19.9 Å². The van der Waals surface area contributed by atoms with E-state index in [0.29, 0.717) is 28.1 Å². The molecule has 1 heterocycles. The van der Waals surface area contributed by atoms with Gasteiger partial charge in [-0.2, -0.15) is 0 Å². The van der Waals surface area contributed by atoms with Crippen LogP contribution in [-0.4, -0.2) is 44.3 Å². The zero-order valence-corrected chi connectivity index (χ0v) is 17.2. The first kappa shape index (κ1) is 21.1. The van der Waals surface area contributed by atoms with Gasteiger partial charge in [0.25, 0.3) is 5.91 Å². The van der Waals surface area contributed by atoms with Crippen LogP contribution in [0.4, 0.5) is 5.13 Å². The van der Waals surface area contributed by atoms with Crippen LogP contribution in [0.2, 0.25) is 0 Å². The molecule has 0 atom stereocenters. The van der Waals surface area contributed by atoms with Gasteiger partial charge in [-0.15, -0.1) is 11.3 Å². The van der Waals surface area contributed by atoms with Crippen molar-refractivity contribution < 1.29 is 28.5 Å². The molecule has 0 bridgehead atoms. The number of carbonyl (C=O) groups is 2. The number of carbonyl (C=O) groups excluding carboxylic acids is 2. The number of methoxy groups -OCH3 is 2. The third kappa shape index (κ3) is 5.71. The smallest absolute Gasteiger partial charge is 0.344 e. The first-order valence-corrected chi connectivity index (χ1v) is 9.78. The number of ether oxygens (including phenoxy) is 4. The Morgan fingerprint density at radius 3 is 2.50 bits per heavy atom. The quantitative estimate of drug-likeness (QED) is 0.522. The molecule has 0 saturated carbocycles. The number of benzene rings is 2. The zero-order valence-electron chi connectivity index (χ0n) is 16.4. The summed E-state index contributed by atoms with van der Waals surface area (Å²) in [6, 6.07) is 14.3. The standard InChI is InChI=1S/C21H20N2O6S/c1-26-17-9-8-14(10-18(17)27-2)16-13-30-21(22-16)23-19(24)11-29-20(25)12-28-15-6-4-3-5-7-15/h3-10,13H,11-12H2,1-2H3,(H,22,23,24). The van der Waals surface area contributed by atoms with Crippen LogP contribution in [0.1, 0.15) is 0 Å². The molecule has 3 aromatic rings. The fourth-order valence-electron chi connectivity index (χ4n) is 2.46. The van der Waals surface area contributed by atoms with E-state index in [0.717, 1.165) is 5.56 Å². The summed E-state index contributed by atoms with van der Waals surface area (Å²) in [7, 11) is 3.12. The summed E-state index contributed by atoms with van der Waals surface area (Å²) in [5.74, 6) is 0.612. The molecular weight excluding hydrogens is 408 g/mol. The Kier molecular flexibility index (Phi) is 7.23. The molecule has 0 aliphatic heterocycles. The number of nitrogens with zero attached hydrogens (tertiary/aromatic N) is 1. The third-order valence-electron chi connectivity index (χ3n) is 3.89. The van der Waals surface area contributed by atoms with Crippen molar-refractivity contribution in [3.8, 4) is 28.5 Å². The molecule has 0 radical (unpaired) electrons. The van der Waals surface area contributed by atoms with Gasteiger partial charge in [-0.1, -0.05) is 18.2 Å². The number of esters is 1. The van der Waals surface area contributed by atoms with Gasteiger partial charge < -0.3 is 18.9 Å². The average molecular weight is 428 g/mol. The van der Waals surface area contributed by atoms with Crippen molar-refractivity contribution in [1.82, 2.24) is 4.98 Å². The highest BCUT2D eigenvalue weighted by Crippen LogP contribution is 2.33. The van der Waals surface area contributed by atoms with Gasteiger partial charge in [0.1, 0.15) is 5.75 Å². The lowest BCUT2D eigenvalue weighted by Gasteiger charge is -2.08. The number of para-hydroxylation sites is 1. The topological polar surface area (TPSA) is 96.0 Å². The largest absolute Gasteiger partial charge is 0.493 e. The van der Waals surface area contributed by atoms with Crippen LogP contribution in [-0.2, 0) is 14.3 Å². The lowest BCUT2D eigenvalue weighted by Crippen LogP contribution is -2.23. The molecule has 156 valence electrons. The Bertz CT molecular complexity index is 1010. The SMILES string of the molecule is COc1ccc(-c2csc(NC(=O)COC(=O)COc3ccccc3)n2)cc1OC. The van der Waals surface area contributed by atoms with E-state index in [-0.39, 0.29) is 6.61 Å². The molecule has 0 unspecified atom stereocenters. The van der Waals surface area contributed by atoms with Crippen molar-refractivity contribution in [2.75, 3.05) is 32.8 Å². The molecule has 0 saturated heterocycles. The molecule has 1 N–H and O–H groups in total. The summed E-state index contributed by atoms with van der Waals surface area (Å²) in [5.41, 5.74) is 1.48. The lowest BCUT2D eigenvalue weighted by molar-refractivity contribution is -0.149. The van der Waals surface area contributed by atoms with E-state index in [2.05, 4.69) is 10.3 Å². The van der Waals surface area contributed by atoms with Crippen molar-refractivity contribution in [3.63, 3.8) is 0 Å². The summed E-state index contributed by atoms with van der Waals surface area (Å²) >= 11 is 1.26. The highest BCUT2D eigenvalue weighted by Gasteiger charge is 2.13. The number of nitrogens with one attached hydrogen (secondary N) is 1. The molecule has 0 fully saturated rings. The van der Waals surface area contributed by atoms with E-state index in [1.165, 1.54) is 11.3 Å². The third-order valence-corrected chi connectivity index (χ3v) is 4.65. The molecule has 2 aromatic carbocycles. The van der Waals surface area contributed by atoms with Gasteiger partial charge >= 0.3 is 5.97 Å². The lowest BCUT2D eigenvalue weighted by atomic mass is 10.1. The van der Waals surface area contributed by atoms with E-state index in [1.54, 1.807) is 56.0 Å². The minimum atomic E-state index is -0.640. The summed E-state index contributed by atoms with van der Waals surface area (Å²) in [6.45, 7) is -0.708. The first-order valence-electron chi connectivity index (χ1n) is 8.90. The number of thiazole rings is 1. The fourth-order valence-corrected chi connectivity index (χ4v) is 3.20. The van der Waals surface area contributed by atoms with Crippen LogP contribution >= 0.6 is 11.3 Å². The minimum Gasteiger partial charge on any atom is -0.493 e. The molecule has 1 amide bonds. The molecule has 3 rings (SSSR count). The molecule has 0 aliphatic rings. The Morgan fingerprint density at radius 2 is 1.77 bits per heavy atom. The van der Waals surface area contributed by atoms with Gasteiger partial charge in [0.2, 0.25) is 0 Å². The monoisotopic (exact) mass is 428 g/mol. The Hall–Kier alpha value is -3.59. The maximum atomic E-state index is 12.0. The highest BCUT2D eigenvalue weighted by atomic mass is 32.1. The minimum absolute atomic E-state index is 0.280. The molecule has 0 spiro atoms. The van der Waals surface area contributed by atoms with Gasteiger partial charge in [0.15, 0.2) is 29.8 Å². The van der Waals surface area contributed by atoms with Crippen LogP contribution in [0.5, 0.6) is 17.2 Å². The fraction of sp³-hybridized carbons (Fsp3) is 0.190. The average Bonchev–Trinajstić information content (AvgIpc) is 3.24. The predicted octanol–water partition coefficient (Wildman–Crippen LogP) is 3.39. The van der Waals surface area contributed by atoms with E-state index in [1.807, 2.05) is 12.1 Å². The predicted molar refractivity (Wildman–Crippen MR) is 112 cm³/mol. The van der Waals surface area contributed by atoms with Crippen molar-refractivity contribution in [3.05, 3.63) is 53.9 Å². The highest BCUT2D eigenvalue weighted by molar-refractivity contribution is 7.14. The Labute approximate surface area is 177 Å². The second-order valence-corrected chi connectivity index (χ2v) is 6.78. The van der Waals surface area contributed by atoms with Crippen molar-refractivity contribution >= 4 is 28.3 Å². The number of hydrogen-bond donors (Lipinski definition) is 1. The summed E-state index contributed by atoms with van der Waals surface area (Å²) < 4.78 is 20.7. The number of hydrogen-bond acceptors (Lipinski definition) is 8. The van der Waals surface area contributed by atoms with Crippen LogP contribution in [0.3, 0.4) is 0 Å². The molecular formula is C21H20N2O6S. The van der Waals surface area contributed by atoms with E-state index in [9.17, 15) is 9.59 Å². The molecule has 30 heavy (non-hydrogen) atoms. The van der Waals surface area contributed by atoms with Crippen molar-refractivity contribution in [1.29, 1.82) is 0 Å². The normalized spacial score (nSPS) is 10.2. The molecule has 1 aromatic heterocycles. The van der Waals surface area contributed by atoms with Gasteiger partial charge in [-0.05, 0) is 30.3 Å². The Morgan fingerprint density at radius 1 is 1.00 bits per heavy atom. The molecule has 9 heteroatoms. The maximum Gasteiger partial charge on any atom is 0.344 e. The Balaban J connectivity index is 1.49. The van der Waals surface area contributed by atoms with Crippen LogP contribution < -0.4 is 19.5 Å². The zero-order chi connectivity index (χ0) is 21.3. The van der Waals surface area contributed by atoms with Crippen LogP contribution in [0.15, 0.2) is 53.9 Å². The van der Waals surface area contributed by atoms with Gasteiger partial charge in [0, 0.05) is 10.9 Å². The summed E-state index contributed by atoms with van der Waals surface area (Å²) in [5, 5.41) is 4.80. The van der Waals surface area contributed by atoms with E-state index < -0.39 is 18.5 Å². The second-order valence-electron chi connectivity index (χ2n) is 5.92. The van der Waals surface area contributed by atoms with Gasteiger partial charge in [-0.3, -0.25) is 10.1 Å². The van der Waals surface area contributed by atoms with Crippen LogP contribution in [0, 0.1) is 0 Å². The number of rotatable bonds is 9. The van der Waals surface area contributed by atoms with Crippen molar-refractivity contribution in [2.45, 2.75) is 0 Å². The van der Waals surface area contributed by atoms with Crippen LogP contribution in [0.25, 0.3) is 11.3 Å². The van der Waals surface area contributed by atoms with E-state index in [4.69, 9.17) is 18.9 Å². The molecule has 0 aliphatic carbocycles. The van der Waals surface area contributed by atoms with E-state index >= 15 is 0 Å².